The fraction of sp³-hybridized carbons (Fsp3) is 0.556. The Labute approximate surface area is 114 Å². The zero-order valence-corrected chi connectivity index (χ0v) is 13.9. The minimum absolute atomic E-state index is 0. The molecule has 0 radical (unpaired) electrons. The fourth-order valence-electron chi connectivity index (χ4n) is 1.39. The van der Waals surface area contributed by atoms with Gasteiger partial charge in [0.05, 0.1) is 0 Å². The van der Waals surface area contributed by atoms with Crippen LogP contribution in [0.5, 0.6) is 0 Å². The van der Waals surface area contributed by atoms with E-state index in [1.54, 1.807) is 9.48 Å². The summed E-state index contributed by atoms with van der Waals surface area (Å²) in [5.41, 5.74) is 2.36. The summed E-state index contributed by atoms with van der Waals surface area (Å²) in [4.78, 5) is 0. The quantitative estimate of drug-likeness (QED) is 0.660. The molecule has 1 aliphatic rings. The van der Waals surface area contributed by atoms with Crippen molar-refractivity contribution in [3.63, 3.8) is 0 Å². The molecule has 0 saturated carbocycles. The van der Waals surface area contributed by atoms with Gasteiger partial charge < -0.3 is 0 Å². The van der Waals surface area contributed by atoms with Crippen LogP contribution in [0, 0.1) is 0 Å². The van der Waals surface area contributed by atoms with Crippen LogP contribution in [-0.4, -0.2) is 8.07 Å². The van der Waals surface area contributed by atoms with Crippen LogP contribution in [0.4, 0.5) is 0 Å². The molecule has 0 unspecified atom stereocenters. The molecule has 14 heavy (non-hydrogen) atoms. The molecule has 0 amide bonds. The van der Waals surface area contributed by atoms with Gasteiger partial charge in [0.1, 0.15) is 0 Å². The van der Waals surface area contributed by atoms with E-state index in [-0.39, 0.29) is 37.2 Å². The van der Waals surface area contributed by atoms with Crippen molar-refractivity contribution in [1.82, 2.24) is 0 Å². The van der Waals surface area contributed by atoms with Crippen molar-refractivity contribution in [3.05, 3.63) is 21.6 Å². The van der Waals surface area contributed by atoms with E-state index in [1.807, 2.05) is 0 Å². The second-order valence-corrected chi connectivity index (χ2v) is 10.5. The molecule has 1 rings (SSSR count). The second kappa shape index (κ2) is 8.32. The van der Waals surface area contributed by atoms with Crippen LogP contribution >= 0.6 is 37.2 Å². The number of halogens is 3. The van der Waals surface area contributed by atoms with Crippen LogP contribution < -0.4 is 0 Å². The summed E-state index contributed by atoms with van der Waals surface area (Å²) in [6, 6.07) is 0. The van der Waals surface area contributed by atoms with E-state index in [9.17, 15) is 0 Å². The Bertz CT molecular complexity index is 219. The molecule has 5 heteroatoms. The van der Waals surface area contributed by atoms with Gasteiger partial charge in [0.15, 0.2) is 0 Å². The van der Waals surface area contributed by atoms with Crippen LogP contribution in [-0.2, 0) is 16.3 Å². The maximum atomic E-state index is 2.44. The van der Waals surface area contributed by atoms with Gasteiger partial charge >= 0.3 is 77.7 Å². The Morgan fingerprint density at radius 2 is 1.64 bits per heavy atom. The van der Waals surface area contributed by atoms with Crippen LogP contribution in [0.2, 0.25) is 25.3 Å². The molecule has 0 spiro atoms. The summed E-state index contributed by atoms with van der Waals surface area (Å²) in [5.74, 6) is 0. The number of allylic oxidation sites excluding steroid dienone is 4. The normalized spacial score (nSPS) is 14.0. The first-order chi connectivity index (χ1) is 5.05. The number of hydrogen-bond acceptors (Lipinski definition) is 0. The van der Waals surface area contributed by atoms with Crippen LogP contribution in [0.15, 0.2) is 21.6 Å². The Balaban J connectivity index is -0.000000403. The van der Waals surface area contributed by atoms with Crippen LogP contribution in [0.3, 0.4) is 0 Å². The molecule has 85 valence electrons. The Morgan fingerprint density at radius 3 is 1.93 bits per heavy atom. The molecule has 0 bridgehead atoms. The fourth-order valence-corrected chi connectivity index (χ4v) is 5.95. The van der Waals surface area contributed by atoms with E-state index >= 15 is 0 Å². The third-order valence-corrected chi connectivity index (χ3v) is 5.91. The van der Waals surface area contributed by atoms with Crippen molar-refractivity contribution < 1.29 is 16.3 Å². The van der Waals surface area contributed by atoms with Gasteiger partial charge in [-0.15, -0.1) is 37.2 Å². The molecule has 0 aliphatic heterocycles. The average Bonchev–Trinajstić information content (AvgIpc) is 2.31. The van der Waals surface area contributed by atoms with Gasteiger partial charge in [0.2, 0.25) is 0 Å². The van der Waals surface area contributed by atoms with Crippen LogP contribution in [0.25, 0.3) is 0 Å². The van der Waals surface area contributed by atoms with Gasteiger partial charge in [0.25, 0.3) is 0 Å². The molecule has 0 N–H and O–H groups in total. The van der Waals surface area contributed by atoms with E-state index in [2.05, 4.69) is 37.4 Å². The van der Waals surface area contributed by atoms with Gasteiger partial charge in [-0.25, -0.2) is 0 Å². The third-order valence-electron chi connectivity index (χ3n) is 1.98. The molecule has 0 aromatic rings. The van der Waals surface area contributed by atoms with E-state index in [1.165, 1.54) is 6.42 Å². The number of hydrogen-bond donors (Lipinski definition) is 0. The Hall–Kier alpha value is 1.15. The first-order valence-electron chi connectivity index (χ1n) is 4.05. The zero-order valence-electron chi connectivity index (χ0n) is 9.03. The second-order valence-electron chi connectivity index (χ2n) is 3.94. The predicted octanol–water partition coefficient (Wildman–Crippen LogP) is 4.47. The average molecular weight is 313 g/mol. The van der Waals surface area contributed by atoms with Crippen molar-refractivity contribution in [2.75, 3.05) is 0 Å². The van der Waals surface area contributed by atoms with Crippen molar-refractivity contribution in [1.29, 1.82) is 0 Å². The van der Waals surface area contributed by atoms with Crippen molar-refractivity contribution in [3.8, 4) is 0 Å². The SMILES string of the molecule is Cl.Cl.Cl.[CH3][V][C]1=C([Si](C)(C)C)C=CC1. The van der Waals surface area contributed by atoms with Gasteiger partial charge in [-0.3, -0.25) is 0 Å². The molecule has 0 fully saturated rings. The van der Waals surface area contributed by atoms with E-state index < -0.39 is 8.07 Å². The van der Waals surface area contributed by atoms with E-state index in [0.717, 1.165) is 0 Å². The standard InChI is InChI=1S/C8H13Si.CH3.3ClH.V/c1-9(2,3)8-6-4-5-7-8;;;;;/h4,6H,5H2,1-3H3;1H3;3*1H;. The molecule has 1 aliphatic carbocycles. The molecular formula is C9H19Cl3SiV. The predicted molar refractivity (Wildman–Crippen MR) is 71.7 cm³/mol. The molecular weight excluding hydrogens is 293 g/mol. The number of rotatable bonds is 2. The Kier molecular flexibility index (Phi) is 12.2. The minimum atomic E-state index is -0.992. The summed E-state index contributed by atoms with van der Waals surface area (Å²) < 4.78 is 1.78. The van der Waals surface area contributed by atoms with Gasteiger partial charge in [-0.05, 0) is 0 Å². The van der Waals surface area contributed by atoms with Crippen molar-refractivity contribution >= 4 is 45.3 Å². The molecule has 0 nitrogen and oxygen atoms in total. The molecule has 0 heterocycles. The van der Waals surface area contributed by atoms with Crippen molar-refractivity contribution in [2.45, 2.75) is 31.7 Å². The first-order valence-corrected chi connectivity index (χ1v) is 9.65. The first kappa shape index (κ1) is 20.5. The molecule has 0 atom stereocenters. The molecule has 0 aromatic heterocycles. The summed E-state index contributed by atoms with van der Waals surface area (Å²) in [5, 5.41) is 1.74. The summed E-state index contributed by atoms with van der Waals surface area (Å²) in [7, 11) is -0.992. The summed E-state index contributed by atoms with van der Waals surface area (Å²) in [6.45, 7) is 7.32. The van der Waals surface area contributed by atoms with E-state index in [4.69, 9.17) is 0 Å². The van der Waals surface area contributed by atoms with Crippen molar-refractivity contribution in [2.24, 2.45) is 0 Å². The monoisotopic (exact) mass is 311 g/mol. The molecule has 0 saturated heterocycles. The summed E-state index contributed by atoms with van der Waals surface area (Å²) in [6.07, 6.45) is 5.97. The van der Waals surface area contributed by atoms with Gasteiger partial charge in [-0.2, -0.15) is 0 Å². The third kappa shape index (κ3) is 5.29. The molecule has 0 aromatic carbocycles. The van der Waals surface area contributed by atoms with E-state index in [0.29, 0.717) is 16.3 Å². The Morgan fingerprint density at radius 1 is 1.14 bits per heavy atom. The van der Waals surface area contributed by atoms with Crippen LogP contribution in [0.1, 0.15) is 6.42 Å². The maximum absolute atomic E-state index is 2.44. The zero-order chi connectivity index (χ0) is 8.48. The summed E-state index contributed by atoms with van der Waals surface area (Å²) >= 11 is 0.482. The van der Waals surface area contributed by atoms with Gasteiger partial charge in [-0.1, -0.05) is 0 Å². The topological polar surface area (TPSA) is 0 Å². The van der Waals surface area contributed by atoms with Gasteiger partial charge in [0, 0.05) is 0 Å².